The minimum absolute atomic E-state index is 0.364. The number of methoxy groups -OCH3 is 1. The van der Waals surface area contributed by atoms with Crippen LogP contribution >= 0.6 is 0 Å². The summed E-state index contributed by atoms with van der Waals surface area (Å²) in [5.41, 5.74) is 0.304. The highest BCUT2D eigenvalue weighted by molar-refractivity contribution is 5.93. The number of amides is 1. The fourth-order valence-corrected chi connectivity index (χ4v) is 2.21. The lowest BCUT2D eigenvalue weighted by Crippen LogP contribution is -2.36. The van der Waals surface area contributed by atoms with Gasteiger partial charge >= 0.3 is 6.09 Å². The number of anilines is 1. The van der Waals surface area contributed by atoms with Crippen LogP contribution in [0.1, 0.15) is 34.6 Å². The minimum Gasteiger partial charge on any atom is -0.493 e. The van der Waals surface area contributed by atoms with Gasteiger partial charge in [0.15, 0.2) is 17.5 Å². The Morgan fingerprint density at radius 3 is 2.50 bits per heavy atom. The third-order valence-corrected chi connectivity index (χ3v) is 3.48. The van der Waals surface area contributed by atoms with Gasteiger partial charge in [0.1, 0.15) is 5.60 Å². The molecule has 0 fully saturated rings. The summed E-state index contributed by atoms with van der Waals surface area (Å²) < 4.78 is 16.2. The van der Waals surface area contributed by atoms with Gasteiger partial charge in [-0.3, -0.25) is 4.99 Å². The second-order valence-corrected chi connectivity index (χ2v) is 7.09. The van der Waals surface area contributed by atoms with Crippen molar-refractivity contribution in [3.05, 3.63) is 18.2 Å². The number of nitrogens with one attached hydrogen (secondary N) is 2. The van der Waals surface area contributed by atoms with Crippen LogP contribution in [0, 0.1) is 0 Å². The van der Waals surface area contributed by atoms with Gasteiger partial charge in [0, 0.05) is 31.9 Å². The molecule has 0 unspecified atom stereocenters. The average molecular weight is 395 g/mol. The lowest BCUT2D eigenvalue weighted by Gasteiger charge is -2.24. The van der Waals surface area contributed by atoms with Gasteiger partial charge in [0.25, 0.3) is 0 Å². The Balaban J connectivity index is 2.73. The molecule has 0 saturated carbocycles. The fourth-order valence-electron chi connectivity index (χ4n) is 2.21. The van der Waals surface area contributed by atoms with Gasteiger partial charge < -0.3 is 29.7 Å². The number of ether oxygens (including phenoxy) is 3. The molecule has 0 heterocycles. The molecular formula is C20H34N4O4. The quantitative estimate of drug-likeness (QED) is 0.520. The van der Waals surface area contributed by atoms with Crippen molar-refractivity contribution < 1.29 is 19.0 Å². The summed E-state index contributed by atoms with van der Waals surface area (Å²) in [6.45, 7) is 11.6. The second kappa shape index (κ2) is 11.3. The number of aliphatic imine (C=N–C) groups is 1. The highest BCUT2D eigenvalue weighted by Crippen LogP contribution is 2.30. The maximum Gasteiger partial charge on any atom is 0.410 e. The maximum atomic E-state index is 12.0. The monoisotopic (exact) mass is 394 g/mol. The Morgan fingerprint density at radius 1 is 1.21 bits per heavy atom. The van der Waals surface area contributed by atoms with Gasteiger partial charge in [0.2, 0.25) is 0 Å². The number of guanidine groups is 1. The van der Waals surface area contributed by atoms with E-state index in [-0.39, 0.29) is 6.09 Å². The van der Waals surface area contributed by atoms with E-state index >= 15 is 0 Å². The third kappa shape index (κ3) is 8.37. The Kier molecular flexibility index (Phi) is 9.41. The number of carbonyl (C=O) groups excluding carboxylic acids is 1. The smallest absolute Gasteiger partial charge is 0.410 e. The lowest BCUT2D eigenvalue weighted by molar-refractivity contribution is 0.0304. The number of likely N-dealkylation sites (N-methyl/N-ethyl adjacent to an activating group) is 1. The van der Waals surface area contributed by atoms with Gasteiger partial charge in [-0.15, -0.1) is 0 Å². The van der Waals surface area contributed by atoms with E-state index in [4.69, 9.17) is 14.2 Å². The summed E-state index contributed by atoms with van der Waals surface area (Å²) in [6.07, 6.45) is -0.364. The summed E-state index contributed by atoms with van der Waals surface area (Å²) in [5, 5.41) is 6.42. The molecule has 1 aromatic rings. The minimum atomic E-state index is -0.516. The Morgan fingerprint density at radius 2 is 1.93 bits per heavy atom. The van der Waals surface area contributed by atoms with Crippen LogP contribution in [0.2, 0.25) is 0 Å². The van der Waals surface area contributed by atoms with E-state index in [1.165, 1.54) is 4.90 Å². The molecule has 158 valence electrons. The van der Waals surface area contributed by atoms with Crippen LogP contribution < -0.4 is 20.1 Å². The van der Waals surface area contributed by atoms with E-state index in [9.17, 15) is 4.79 Å². The molecule has 0 aromatic heterocycles. The van der Waals surface area contributed by atoms with E-state index < -0.39 is 5.60 Å². The molecule has 0 atom stereocenters. The van der Waals surface area contributed by atoms with Crippen LogP contribution in [0.15, 0.2) is 23.2 Å². The van der Waals surface area contributed by atoms with Crippen molar-refractivity contribution in [3.63, 3.8) is 0 Å². The first-order valence-electron chi connectivity index (χ1n) is 9.50. The largest absolute Gasteiger partial charge is 0.493 e. The van der Waals surface area contributed by atoms with Gasteiger partial charge in [0.05, 0.1) is 20.3 Å². The van der Waals surface area contributed by atoms with Crippen LogP contribution in [0.25, 0.3) is 0 Å². The third-order valence-electron chi connectivity index (χ3n) is 3.48. The molecule has 28 heavy (non-hydrogen) atoms. The van der Waals surface area contributed by atoms with Crippen LogP contribution in [0.4, 0.5) is 10.5 Å². The van der Waals surface area contributed by atoms with Crippen molar-refractivity contribution in [2.24, 2.45) is 4.99 Å². The number of benzene rings is 1. The summed E-state index contributed by atoms with van der Waals surface area (Å²) in [5.74, 6) is 1.95. The lowest BCUT2D eigenvalue weighted by atomic mass is 10.2. The van der Waals surface area contributed by atoms with E-state index in [0.717, 1.165) is 5.69 Å². The summed E-state index contributed by atoms with van der Waals surface area (Å²) in [6, 6.07) is 5.60. The number of nitrogens with zero attached hydrogens (tertiary/aromatic N) is 2. The van der Waals surface area contributed by atoms with Gasteiger partial charge in [-0.05, 0) is 46.8 Å². The number of hydrogen-bond donors (Lipinski definition) is 2. The highest BCUT2D eigenvalue weighted by atomic mass is 16.6. The molecule has 2 N–H and O–H groups in total. The van der Waals surface area contributed by atoms with E-state index in [2.05, 4.69) is 15.6 Å². The zero-order valence-electron chi connectivity index (χ0n) is 18.1. The predicted octanol–water partition coefficient (Wildman–Crippen LogP) is 3.34. The maximum absolute atomic E-state index is 12.0. The molecule has 0 radical (unpaired) electrons. The molecule has 0 aliphatic rings. The van der Waals surface area contributed by atoms with E-state index in [1.54, 1.807) is 14.2 Å². The van der Waals surface area contributed by atoms with Gasteiger partial charge in [-0.2, -0.15) is 0 Å². The molecule has 8 heteroatoms. The number of rotatable bonds is 8. The first-order valence-corrected chi connectivity index (χ1v) is 9.50. The zero-order chi connectivity index (χ0) is 21.2. The van der Waals surface area contributed by atoms with Crippen LogP contribution in [0.3, 0.4) is 0 Å². The molecule has 1 amide bonds. The van der Waals surface area contributed by atoms with Gasteiger partial charge in [-0.25, -0.2) is 4.79 Å². The zero-order valence-corrected chi connectivity index (χ0v) is 18.1. The first kappa shape index (κ1) is 23.4. The SMILES string of the molecule is CCNC(=NCCN(C)C(=O)OC(C)(C)C)Nc1ccc(OCC)c(OC)c1. The average Bonchev–Trinajstić information content (AvgIpc) is 2.61. The number of hydrogen-bond acceptors (Lipinski definition) is 5. The summed E-state index contributed by atoms with van der Waals surface area (Å²) in [7, 11) is 3.30. The summed E-state index contributed by atoms with van der Waals surface area (Å²) >= 11 is 0. The molecule has 0 saturated heterocycles. The predicted molar refractivity (Wildman–Crippen MR) is 113 cm³/mol. The highest BCUT2D eigenvalue weighted by Gasteiger charge is 2.19. The van der Waals surface area contributed by atoms with Crippen molar-refractivity contribution in [2.45, 2.75) is 40.2 Å². The molecule has 0 spiro atoms. The molecule has 1 aromatic carbocycles. The van der Waals surface area contributed by atoms with Crippen LogP contribution in [-0.2, 0) is 4.74 Å². The van der Waals surface area contributed by atoms with Crippen molar-refractivity contribution in [1.82, 2.24) is 10.2 Å². The Labute approximate surface area is 168 Å². The number of carbonyl (C=O) groups is 1. The first-order chi connectivity index (χ1) is 13.2. The fraction of sp³-hybridized carbons (Fsp3) is 0.600. The van der Waals surface area contributed by atoms with Gasteiger partial charge in [-0.1, -0.05) is 0 Å². The topological polar surface area (TPSA) is 84.4 Å². The van der Waals surface area contributed by atoms with Crippen molar-refractivity contribution in [2.75, 3.05) is 45.7 Å². The van der Waals surface area contributed by atoms with Crippen molar-refractivity contribution >= 4 is 17.7 Å². The standard InChI is InChI=1S/C20H34N4O4/c1-8-21-18(22-12-13-24(6)19(25)28-20(3,4)5)23-15-10-11-16(27-9-2)17(14-15)26-7/h10-11,14H,8-9,12-13H2,1-7H3,(H2,21,22,23). The molecule has 0 bridgehead atoms. The normalized spacial score (nSPS) is 11.6. The molecule has 0 aliphatic carbocycles. The molecular weight excluding hydrogens is 360 g/mol. The van der Waals surface area contributed by atoms with E-state index in [0.29, 0.717) is 43.7 Å². The summed E-state index contributed by atoms with van der Waals surface area (Å²) in [4.78, 5) is 18.0. The van der Waals surface area contributed by atoms with Crippen molar-refractivity contribution in [1.29, 1.82) is 0 Å². The van der Waals surface area contributed by atoms with Crippen LogP contribution in [-0.4, -0.2) is 63.0 Å². The molecule has 1 rings (SSSR count). The Bertz CT molecular complexity index is 656. The Hall–Kier alpha value is -2.64. The van der Waals surface area contributed by atoms with Crippen LogP contribution in [0.5, 0.6) is 11.5 Å². The van der Waals surface area contributed by atoms with Crippen molar-refractivity contribution in [3.8, 4) is 11.5 Å². The second-order valence-electron chi connectivity index (χ2n) is 7.09. The molecule has 8 nitrogen and oxygen atoms in total. The van der Waals surface area contributed by atoms with E-state index in [1.807, 2.05) is 52.8 Å². The molecule has 0 aliphatic heterocycles.